The van der Waals surface area contributed by atoms with Gasteiger partial charge in [-0.2, -0.15) is 0 Å². The third-order valence-electron chi connectivity index (χ3n) is 6.49. The van der Waals surface area contributed by atoms with Crippen LogP contribution in [0.25, 0.3) is 22.0 Å². The zero-order valence-electron chi connectivity index (χ0n) is 18.5. The Balaban J connectivity index is 1.52. The summed E-state index contributed by atoms with van der Waals surface area (Å²) in [6, 6.07) is 15.5. The lowest BCUT2D eigenvalue weighted by molar-refractivity contribution is 0.321. The second-order valence-electron chi connectivity index (χ2n) is 8.38. The quantitative estimate of drug-likeness (QED) is 0.507. The molecule has 1 fully saturated rings. The number of fused-ring (bicyclic) bond motifs is 1. The minimum Gasteiger partial charge on any atom is -0.361 e. The molecule has 0 unspecified atom stereocenters. The number of benzene rings is 2. The van der Waals surface area contributed by atoms with E-state index >= 15 is 0 Å². The molecule has 1 saturated heterocycles. The van der Waals surface area contributed by atoms with Gasteiger partial charge in [0, 0.05) is 30.2 Å². The van der Waals surface area contributed by atoms with Gasteiger partial charge in [-0.3, -0.25) is 0 Å². The predicted octanol–water partition coefficient (Wildman–Crippen LogP) is 4.52. The summed E-state index contributed by atoms with van der Waals surface area (Å²) in [6.45, 7) is 7.09. The maximum Gasteiger partial charge on any atom is 0.213 e. The van der Waals surface area contributed by atoms with Crippen LogP contribution in [0.15, 0.2) is 48.7 Å². The minimum atomic E-state index is -3.09. The highest BCUT2D eigenvalue weighted by molar-refractivity contribution is 7.89. The van der Waals surface area contributed by atoms with Gasteiger partial charge >= 0.3 is 0 Å². The van der Waals surface area contributed by atoms with Crippen LogP contribution in [0.3, 0.4) is 0 Å². The molecule has 0 atom stereocenters. The molecule has 1 aliphatic rings. The second kappa shape index (κ2) is 9.55. The summed E-state index contributed by atoms with van der Waals surface area (Å²) in [4.78, 5) is 3.42. The van der Waals surface area contributed by atoms with Crippen molar-refractivity contribution < 1.29 is 8.42 Å². The van der Waals surface area contributed by atoms with E-state index in [1.165, 1.54) is 27.6 Å². The van der Waals surface area contributed by atoms with E-state index < -0.39 is 10.0 Å². The first-order valence-corrected chi connectivity index (χ1v) is 13.0. The van der Waals surface area contributed by atoms with Crippen molar-refractivity contribution in [1.29, 1.82) is 0 Å². The third-order valence-corrected chi connectivity index (χ3v) is 8.37. The number of nitrogens with zero attached hydrogens (tertiary/aromatic N) is 1. The number of hydrogen-bond donors (Lipinski definition) is 2. The van der Waals surface area contributed by atoms with Crippen LogP contribution in [0, 0.1) is 0 Å². The highest BCUT2D eigenvalue weighted by Crippen LogP contribution is 2.35. The van der Waals surface area contributed by atoms with E-state index in [4.69, 9.17) is 0 Å². The van der Waals surface area contributed by atoms with E-state index in [9.17, 15) is 8.42 Å². The smallest absolute Gasteiger partial charge is 0.213 e. The van der Waals surface area contributed by atoms with Crippen LogP contribution in [-0.4, -0.2) is 49.6 Å². The molecule has 0 saturated carbocycles. The maximum absolute atomic E-state index is 12.2. The van der Waals surface area contributed by atoms with Gasteiger partial charge in [0.15, 0.2) is 0 Å². The largest absolute Gasteiger partial charge is 0.361 e. The molecule has 1 aliphatic heterocycles. The van der Waals surface area contributed by atoms with Gasteiger partial charge in [-0.15, -0.1) is 0 Å². The number of sulfonamides is 1. The first-order valence-electron chi connectivity index (χ1n) is 11.4. The van der Waals surface area contributed by atoms with Gasteiger partial charge in [-0.05, 0) is 79.6 Å². The normalized spacial score (nSPS) is 16.2. The van der Waals surface area contributed by atoms with E-state index in [0.29, 0.717) is 19.0 Å². The summed E-state index contributed by atoms with van der Waals surface area (Å²) in [5.74, 6) is 0.572. The van der Waals surface area contributed by atoms with Crippen molar-refractivity contribution in [2.24, 2.45) is 0 Å². The van der Waals surface area contributed by atoms with Crippen LogP contribution < -0.4 is 5.32 Å². The predicted molar refractivity (Wildman–Crippen MR) is 129 cm³/mol. The van der Waals surface area contributed by atoms with E-state index in [1.807, 2.05) is 0 Å². The molecule has 5 nitrogen and oxygen atoms in total. The molecule has 0 bridgehead atoms. The molecule has 6 heteroatoms. The summed E-state index contributed by atoms with van der Waals surface area (Å²) in [5, 5.41) is 4.63. The molecule has 0 amide bonds. The molecule has 166 valence electrons. The Morgan fingerprint density at radius 2 is 1.74 bits per heavy atom. The summed E-state index contributed by atoms with van der Waals surface area (Å²) in [5.41, 5.74) is 6.25. The van der Waals surface area contributed by atoms with Crippen LogP contribution >= 0.6 is 0 Å². The summed E-state index contributed by atoms with van der Waals surface area (Å²) in [7, 11) is -3.09. The van der Waals surface area contributed by atoms with E-state index in [2.05, 4.69) is 65.9 Å². The van der Waals surface area contributed by atoms with Gasteiger partial charge < -0.3 is 10.3 Å². The van der Waals surface area contributed by atoms with Gasteiger partial charge in [0.2, 0.25) is 10.0 Å². The highest BCUT2D eigenvalue weighted by atomic mass is 32.2. The number of H-pyrrole nitrogens is 1. The number of piperidine rings is 1. The zero-order chi connectivity index (χ0) is 21.8. The molecule has 2 N–H and O–H groups in total. The topological polar surface area (TPSA) is 65.2 Å². The van der Waals surface area contributed by atoms with Gasteiger partial charge in [0.25, 0.3) is 0 Å². The van der Waals surface area contributed by atoms with Crippen molar-refractivity contribution in [2.45, 2.75) is 39.0 Å². The van der Waals surface area contributed by atoms with Crippen LogP contribution in [-0.2, 0) is 16.4 Å². The Labute approximate surface area is 185 Å². The molecule has 31 heavy (non-hydrogen) atoms. The minimum absolute atomic E-state index is 0.183. The van der Waals surface area contributed by atoms with Gasteiger partial charge in [0.1, 0.15) is 0 Å². The van der Waals surface area contributed by atoms with Crippen molar-refractivity contribution >= 4 is 20.9 Å². The van der Waals surface area contributed by atoms with Crippen molar-refractivity contribution in [1.82, 2.24) is 14.6 Å². The van der Waals surface area contributed by atoms with Crippen LogP contribution in [0.5, 0.6) is 0 Å². The number of likely N-dealkylation sites (N-methyl/N-ethyl adjacent to an activating group) is 1. The Hall–Kier alpha value is -2.15. The number of aromatic amines is 1. The molecular weight excluding hydrogens is 406 g/mol. The van der Waals surface area contributed by atoms with Crippen molar-refractivity contribution in [3.8, 4) is 11.1 Å². The van der Waals surface area contributed by atoms with Gasteiger partial charge in [-0.25, -0.2) is 12.7 Å². The molecule has 2 aromatic carbocycles. The first-order chi connectivity index (χ1) is 15.0. The molecule has 3 aromatic rings. The van der Waals surface area contributed by atoms with Crippen molar-refractivity contribution in [3.05, 3.63) is 59.8 Å². The standard InChI is InChI=1S/C25H33N3O2S/c1-3-26-14-11-19-5-7-20(8-6-19)22-9-10-25-23(17-22)24(18-27-25)21-12-15-28(16-13-21)31(29,30)4-2/h5-10,17-18,21,26-27H,3-4,11-16H2,1-2H3. The van der Waals surface area contributed by atoms with Crippen LogP contribution in [0.4, 0.5) is 0 Å². The molecule has 2 heterocycles. The first kappa shape index (κ1) is 22.1. The maximum atomic E-state index is 12.2. The zero-order valence-corrected chi connectivity index (χ0v) is 19.3. The summed E-state index contributed by atoms with van der Waals surface area (Å²) < 4.78 is 26.0. The molecule has 4 rings (SSSR count). The van der Waals surface area contributed by atoms with Crippen LogP contribution in [0.2, 0.25) is 0 Å². The molecule has 1 aromatic heterocycles. The van der Waals surface area contributed by atoms with E-state index in [1.54, 1.807) is 11.2 Å². The Morgan fingerprint density at radius 3 is 2.42 bits per heavy atom. The molecular formula is C25H33N3O2S. The lowest BCUT2D eigenvalue weighted by atomic mass is 9.89. The fourth-order valence-electron chi connectivity index (χ4n) is 4.56. The highest BCUT2D eigenvalue weighted by Gasteiger charge is 2.28. The monoisotopic (exact) mass is 439 g/mol. The van der Waals surface area contributed by atoms with E-state index in [-0.39, 0.29) is 5.75 Å². The van der Waals surface area contributed by atoms with Gasteiger partial charge in [0.05, 0.1) is 5.75 Å². The fraction of sp³-hybridized carbons (Fsp3) is 0.440. The number of nitrogens with one attached hydrogen (secondary N) is 2. The Kier molecular flexibility index (Phi) is 6.80. The average Bonchev–Trinajstić information content (AvgIpc) is 3.23. The van der Waals surface area contributed by atoms with Crippen molar-refractivity contribution in [3.63, 3.8) is 0 Å². The number of rotatable bonds is 8. The van der Waals surface area contributed by atoms with Crippen LogP contribution in [0.1, 0.15) is 43.7 Å². The molecule has 0 spiro atoms. The van der Waals surface area contributed by atoms with Gasteiger partial charge in [-0.1, -0.05) is 37.3 Å². The number of hydrogen-bond acceptors (Lipinski definition) is 3. The average molecular weight is 440 g/mol. The Morgan fingerprint density at radius 1 is 1.03 bits per heavy atom. The van der Waals surface area contributed by atoms with Crippen molar-refractivity contribution in [2.75, 3.05) is 31.9 Å². The second-order valence-corrected chi connectivity index (χ2v) is 10.6. The fourth-order valence-corrected chi connectivity index (χ4v) is 5.69. The number of aromatic nitrogens is 1. The molecule has 0 radical (unpaired) electrons. The summed E-state index contributed by atoms with van der Waals surface area (Å²) >= 11 is 0. The molecule has 0 aliphatic carbocycles. The lowest BCUT2D eigenvalue weighted by Crippen LogP contribution is -2.38. The Bertz CT molecular complexity index is 1110. The third kappa shape index (κ3) is 4.86. The van der Waals surface area contributed by atoms with E-state index in [0.717, 1.165) is 37.9 Å². The summed E-state index contributed by atoms with van der Waals surface area (Å²) in [6.07, 6.45) is 4.91. The lowest BCUT2D eigenvalue weighted by Gasteiger charge is -2.30. The SMILES string of the molecule is CCNCCc1ccc(-c2ccc3[nH]cc(C4CCN(S(=O)(=O)CC)CC4)c3c2)cc1.